The van der Waals surface area contributed by atoms with Crippen molar-refractivity contribution in [3.8, 4) is 0 Å². The van der Waals surface area contributed by atoms with Gasteiger partial charge in [0.2, 0.25) is 5.91 Å². The Morgan fingerprint density at radius 3 is 2.56 bits per heavy atom. The number of nitrogens with zero attached hydrogens (tertiary/aromatic N) is 2. The first kappa shape index (κ1) is 23.4. The molecule has 3 N–H and O–H groups in total. The lowest BCUT2D eigenvalue weighted by Crippen LogP contribution is -2.69. The first-order valence-electron chi connectivity index (χ1n) is 12.9. The number of carbonyl (C=O) groups is 2. The van der Waals surface area contributed by atoms with Crippen molar-refractivity contribution in [2.75, 3.05) is 18.0 Å². The van der Waals surface area contributed by atoms with Crippen LogP contribution in [0.2, 0.25) is 0 Å². The van der Waals surface area contributed by atoms with Crippen molar-refractivity contribution in [2.24, 2.45) is 11.8 Å². The van der Waals surface area contributed by atoms with Crippen molar-refractivity contribution in [3.63, 3.8) is 0 Å². The van der Waals surface area contributed by atoms with Gasteiger partial charge in [-0.2, -0.15) is 0 Å². The lowest BCUT2D eigenvalue weighted by molar-refractivity contribution is -0.130. The number of fused-ring (bicyclic) bond motifs is 2. The minimum Gasteiger partial charge on any atom is -0.465 e. The number of carboxylic acid groups (broad SMARTS) is 1. The zero-order chi connectivity index (χ0) is 23.9. The molecule has 5 rings (SSSR count). The van der Waals surface area contributed by atoms with Crippen LogP contribution in [0.1, 0.15) is 64.2 Å². The Hall–Kier alpha value is -2.35. The van der Waals surface area contributed by atoms with Gasteiger partial charge in [0.1, 0.15) is 5.82 Å². The molecule has 3 aliphatic heterocycles. The molecule has 5 unspecified atom stereocenters. The van der Waals surface area contributed by atoms with Crippen LogP contribution in [0.15, 0.2) is 24.3 Å². The van der Waals surface area contributed by atoms with Crippen molar-refractivity contribution in [1.82, 2.24) is 10.2 Å². The number of amides is 2. The summed E-state index contributed by atoms with van der Waals surface area (Å²) in [6, 6.07) is 5.71. The van der Waals surface area contributed by atoms with E-state index in [2.05, 4.69) is 5.32 Å². The molecule has 3 heterocycles. The number of rotatable bonds is 4. The Kier molecular flexibility index (Phi) is 6.44. The van der Waals surface area contributed by atoms with Crippen molar-refractivity contribution in [1.29, 1.82) is 0 Å². The summed E-state index contributed by atoms with van der Waals surface area (Å²) in [6.07, 6.45) is 6.44. The summed E-state index contributed by atoms with van der Waals surface area (Å²) in [5.74, 6) is -0.363. The Morgan fingerprint density at radius 1 is 1.06 bits per heavy atom. The number of benzene rings is 1. The molecule has 1 saturated carbocycles. The van der Waals surface area contributed by atoms with Gasteiger partial charge in [-0.1, -0.05) is 31.4 Å². The van der Waals surface area contributed by atoms with Crippen LogP contribution >= 0.6 is 0 Å². The Labute approximate surface area is 200 Å². The topological polar surface area (TPSA) is 93.1 Å². The fraction of sp³-hybridized carbons (Fsp3) is 0.692. The average molecular weight is 474 g/mol. The summed E-state index contributed by atoms with van der Waals surface area (Å²) in [5, 5.41) is 24.6. The Bertz CT molecular complexity index is 923. The SMILES string of the molecule is O=C(NC1C(O)CC2(C3CCCN(c4ccccc4F)C3)CCC1N2C(=O)O)C1CCCCC1. The number of para-hydroxylation sites is 1. The van der Waals surface area contributed by atoms with Crippen LogP contribution in [0.4, 0.5) is 14.9 Å². The van der Waals surface area contributed by atoms with Gasteiger partial charge in [-0.25, -0.2) is 9.18 Å². The maximum absolute atomic E-state index is 14.5. The third-order valence-corrected chi connectivity index (χ3v) is 8.94. The van der Waals surface area contributed by atoms with Gasteiger partial charge in [0.25, 0.3) is 0 Å². The molecular weight excluding hydrogens is 437 g/mol. The van der Waals surface area contributed by atoms with Gasteiger partial charge < -0.3 is 20.4 Å². The largest absolute Gasteiger partial charge is 0.465 e. The van der Waals surface area contributed by atoms with Crippen LogP contribution in [-0.2, 0) is 4.79 Å². The average Bonchev–Trinajstić information content (AvgIpc) is 3.16. The molecule has 5 atom stereocenters. The summed E-state index contributed by atoms with van der Waals surface area (Å²) < 4.78 is 14.5. The van der Waals surface area contributed by atoms with E-state index in [1.165, 1.54) is 6.07 Å². The summed E-state index contributed by atoms with van der Waals surface area (Å²) in [6.45, 7) is 1.29. The highest BCUT2D eigenvalue weighted by molar-refractivity contribution is 5.79. The summed E-state index contributed by atoms with van der Waals surface area (Å²) >= 11 is 0. The fourth-order valence-electron chi connectivity index (χ4n) is 7.35. The van der Waals surface area contributed by atoms with Crippen LogP contribution in [0.25, 0.3) is 0 Å². The second-order valence-electron chi connectivity index (χ2n) is 10.7. The molecule has 1 aromatic rings. The van der Waals surface area contributed by atoms with E-state index in [1.807, 2.05) is 11.0 Å². The summed E-state index contributed by atoms with van der Waals surface area (Å²) in [5.41, 5.74) is -0.139. The molecule has 7 nitrogen and oxygen atoms in total. The number of halogens is 1. The highest BCUT2D eigenvalue weighted by Gasteiger charge is 2.61. The molecule has 4 fully saturated rings. The number of aliphatic hydroxyl groups excluding tert-OH is 1. The first-order valence-corrected chi connectivity index (χ1v) is 12.9. The highest BCUT2D eigenvalue weighted by Crippen LogP contribution is 2.51. The fourth-order valence-corrected chi connectivity index (χ4v) is 7.35. The van der Waals surface area contributed by atoms with Crippen molar-refractivity contribution < 1.29 is 24.2 Å². The van der Waals surface area contributed by atoms with Crippen LogP contribution in [-0.4, -0.2) is 63.9 Å². The second-order valence-corrected chi connectivity index (χ2v) is 10.7. The van der Waals surface area contributed by atoms with Gasteiger partial charge in [-0.3, -0.25) is 9.69 Å². The second kappa shape index (κ2) is 9.36. The molecule has 3 saturated heterocycles. The smallest absolute Gasteiger partial charge is 0.408 e. The number of aliphatic hydroxyl groups is 1. The Balaban J connectivity index is 1.37. The third-order valence-electron chi connectivity index (χ3n) is 8.94. The van der Waals surface area contributed by atoms with Gasteiger partial charge in [0.05, 0.1) is 29.4 Å². The highest BCUT2D eigenvalue weighted by atomic mass is 19.1. The minimum absolute atomic E-state index is 0.00778. The number of piperidine rings is 2. The van der Waals surface area contributed by atoms with E-state index in [9.17, 15) is 24.2 Å². The van der Waals surface area contributed by atoms with Gasteiger partial charge >= 0.3 is 6.09 Å². The quantitative estimate of drug-likeness (QED) is 0.619. The summed E-state index contributed by atoms with van der Waals surface area (Å²) in [7, 11) is 0. The van der Waals surface area contributed by atoms with Gasteiger partial charge in [0, 0.05) is 24.9 Å². The molecule has 4 aliphatic rings. The van der Waals surface area contributed by atoms with Gasteiger partial charge in [-0.15, -0.1) is 0 Å². The van der Waals surface area contributed by atoms with Crippen LogP contribution in [0, 0.1) is 17.7 Å². The third kappa shape index (κ3) is 4.04. The predicted molar refractivity (Wildman–Crippen MR) is 126 cm³/mol. The molecular formula is C26H36FN3O4. The standard InChI is InChI=1S/C26H36FN3O4/c27-19-10-4-5-11-20(19)29-14-6-9-18(16-29)26-13-12-21(30(26)25(33)34)23(22(31)15-26)28-24(32)17-7-2-1-3-8-17/h4-5,10-11,17-18,21-23,31H,1-3,6-9,12-16H2,(H,28,32)(H,33,34). The van der Waals surface area contributed by atoms with E-state index in [0.717, 1.165) is 51.5 Å². The van der Waals surface area contributed by atoms with Crippen molar-refractivity contribution >= 4 is 17.7 Å². The molecule has 1 aliphatic carbocycles. The normalized spacial score (nSPS) is 34.2. The van der Waals surface area contributed by atoms with E-state index in [-0.39, 0.29) is 23.6 Å². The summed E-state index contributed by atoms with van der Waals surface area (Å²) in [4.78, 5) is 29.1. The molecule has 34 heavy (non-hydrogen) atoms. The van der Waals surface area contributed by atoms with Crippen LogP contribution in [0.3, 0.4) is 0 Å². The van der Waals surface area contributed by atoms with E-state index in [1.54, 1.807) is 17.0 Å². The number of nitrogens with one attached hydrogen (secondary N) is 1. The van der Waals surface area contributed by atoms with E-state index >= 15 is 0 Å². The molecule has 0 radical (unpaired) electrons. The maximum atomic E-state index is 14.5. The number of carbonyl (C=O) groups excluding carboxylic acids is 1. The zero-order valence-corrected chi connectivity index (χ0v) is 19.7. The maximum Gasteiger partial charge on any atom is 0.408 e. The van der Waals surface area contributed by atoms with Crippen molar-refractivity contribution in [3.05, 3.63) is 30.1 Å². The number of anilines is 1. The van der Waals surface area contributed by atoms with E-state index < -0.39 is 29.8 Å². The van der Waals surface area contributed by atoms with Gasteiger partial charge in [0.15, 0.2) is 0 Å². The van der Waals surface area contributed by atoms with E-state index in [0.29, 0.717) is 31.5 Å². The monoisotopic (exact) mass is 473 g/mol. The molecule has 186 valence electrons. The van der Waals surface area contributed by atoms with Crippen molar-refractivity contribution in [2.45, 2.75) is 87.9 Å². The number of hydrogen-bond acceptors (Lipinski definition) is 4. The molecule has 8 heteroatoms. The predicted octanol–water partition coefficient (Wildman–Crippen LogP) is 3.75. The lowest BCUT2D eigenvalue weighted by Gasteiger charge is -2.54. The van der Waals surface area contributed by atoms with E-state index in [4.69, 9.17) is 0 Å². The zero-order valence-electron chi connectivity index (χ0n) is 19.7. The molecule has 2 bridgehead atoms. The molecule has 0 aromatic heterocycles. The molecule has 0 spiro atoms. The first-order chi connectivity index (χ1) is 16.4. The minimum atomic E-state index is -0.991. The Morgan fingerprint density at radius 2 is 1.82 bits per heavy atom. The lowest BCUT2D eigenvalue weighted by atomic mass is 9.71. The molecule has 1 aromatic carbocycles. The van der Waals surface area contributed by atoms with Crippen LogP contribution < -0.4 is 10.2 Å². The van der Waals surface area contributed by atoms with Gasteiger partial charge in [-0.05, 0) is 57.1 Å². The number of hydrogen-bond donors (Lipinski definition) is 3. The van der Waals surface area contributed by atoms with Crippen LogP contribution in [0.5, 0.6) is 0 Å². The molecule has 2 amide bonds.